The van der Waals surface area contributed by atoms with E-state index in [4.69, 9.17) is 0 Å². The molecule has 0 aliphatic rings. The van der Waals surface area contributed by atoms with Gasteiger partial charge < -0.3 is 0 Å². The maximum Gasteiger partial charge on any atom is -0.0417 e. The second-order valence-corrected chi connectivity index (χ2v) is 12.4. The maximum atomic E-state index is 2.42. The van der Waals surface area contributed by atoms with Crippen LogP contribution in [-0.4, -0.2) is 0 Å². The Morgan fingerprint density at radius 1 is 0.250 bits per heavy atom. The summed E-state index contributed by atoms with van der Waals surface area (Å²) in [5.41, 5.74) is 0. The molecule has 0 bridgehead atoms. The van der Waals surface area contributed by atoms with Gasteiger partial charge in [-0.3, -0.25) is 0 Å². The third-order valence-corrected chi connectivity index (χ3v) is 8.76. The second-order valence-electron chi connectivity index (χ2n) is 12.4. The van der Waals surface area contributed by atoms with E-state index in [-0.39, 0.29) is 0 Å². The molecule has 0 aromatic heterocycles. The van der Waals surface area contributed by atoms with Crippen molar-refractivity contribution in [1.29, 1.82) is 0 Å². The van der Waals surface area contributed by atoms with E-state index in [9.17, 15) is 0 Å². The summed E-state index contributed by atoms with van der Waals surface area (Å²) in [5, 5.41) is 0. The third-order valence-electron chi connectivity index (χ3n) is 8.76. The van der Waals surface area contributed by atoms with Crippen molar-refractivity contribution in [1.82, 2.24) is 0 Å². The lowest BCUT2D eigenvalue weighted by molar-refractivity contribution is 0.392. The van der Waals surface area contributed by atoms with Crippen LogP contribution in [0.1, 0.15) is 226 Å². The van der Waals surface area contributed by atoms with Crippen LogP contribution in [0.4, 0.5) is 0 Å². The zero-order chi connectivity index (χ0) is 26.2. The molecule has 0 nitrogen and oxygen atoms in total. The van der Waals surface area contributed by atoms with E-state index in [1.165, 1.54) is 205 Å². The lowest BCUT2D eigenvalue weighted by Crippen LogP contribution is -1.99. The Bertz CT molecular complexity index is 359. The van der Waals surface area contributed by atoms with Crippen LogP contribution in [0.25, 0.3) is 0 Å². The van der Waals surface area contributed by atoms with Crippen molar-refractivity contribution in [3.63, 3.8) is 0 Å². The molecule has 0 rings (SSSR count). The van der Waals surface area contributed by atoms with E-state index in [0.29, 0.717) is 0 Å². The summed E-state index contributed by atoms with van der Waals surface area (Å²) in [6.45, 7) is 7.04. The fraction of sp³-hybridized carbons (Fsp3) is 1.00. The largest absolute Gasteiger partial charge is 0.0654 e. The summed E-state index contributed by atoms with van der Waals surface area (Å²) in [6.07, 6.45) is 47.3. The molecule has 0 amide bonds. The van der Waals surface area contributed by atoms with Crippen LogP contribution in [0.3, 0.4) is 0 Å². The van der Waals surface area contributed by atoms with Crippen LogP contribution in [0.5, 0.6) is 0 Å². The van der Waals surface area contributed by atoms with Gasteiger partial charge in [0.25, 0.3) is 0 Å². The van der Waals surface area contributed by atoms with Gasteiger partial charge in [0.05, 0.1) is 0 Å². The zero-order valence-corrected chi connectivity index (χ0v) is 26.2. The van der Waals surface area contributed by atoms with Gasteiger partial charge in [0.15, 0.2) is 0 Å². The molecule has 0 saturated carbocycles. The lowest BCUT2D eigenvalue weighted by Gasteiger charge is -2.14. The van der Waals surface area contributed by atoms with Crippen molar-refractivity contribution in [2.45, 2.75) is 226 Å². The molecule has 0 aliphatic carbocycles. The Labute approximate surface area is 232 Å². The molecule has 0 aliphatic heterocycles. The highest BCUT2D eigenvalue weighted by molar-refractivity contribution is 4.59. The van der Waals surface area contributed by atoms with E-state index in [1.54, 1.807) is 0 Å². The minimum atomic E-state index is 1.02. The van der Waals surface area contributed by atoms with Gasteiger partial charge in [-0.05, 0) is 5.92 Å². The summed E-state index contributed by atoms with van der Waals surface area (Å²) in [6, 6.07) is 0. The summed E-state index contributed by atoms with van der Waals surface area (Å²) in [4.78, 5) is 0. The summed E-state index contributed by atoms with van der Waals surface area (Å²) >= 11 is 0. The average Bonchev–Trinajstić information content (AvgIpc) is 2.89. The molecule has 218 valence electrons. The first-order chi connectivity index (χ1) is 17.8. The summed E-state index contributed by atoms with van der Waals surface area (Å²) in [5.74, 6) is 1.02. The molecular formula is C36H74. The molecular weight excluding hydrogens is 432 g/mol. The van der Waals surface area contributed by atoms with Crippen LogP contribution in [-0.2, 0) is 0 Å². The van der Waals surface area contributed by atoms with E-state index >= 15 is 0 Å². The van der Waals surface area contributed by atoms with Crippen LogP contribution in [0, 0.1) is 5.92 Å². The molecule has 1 atom stereocenters. The lowest BCUT2D eigenvalue weighted by atomic mass is 9.92. The first-order valence-electron chi connectivity index (χ1n) is 17.8. The molecule has 1 unspecified atom stereocenters. The molecule has 0 heteroatoms. The fourth-order valence-electron chi connectivity index (χ4n) is 5.98. The molecule has 0 heterocycles. The topological polar surface area (TPSA) is 0 Å². The average molecular weight is 507 g/mol. The Kier molecular flexibility index (Phi) is 33.0. The Hall–Kier alpha value is 0. The molecule has 0 N–H and O–H groups in total. The molecule has 0 radical (unpaired) electrons. The Morgan fingerprint density at radius 2 is 0.444 bits per heavy atom. The molecule has 0 aromatic rings. The predicted molar refractivity (Wildman–Crippen MR) is 168 cm³/mol. The monoisotopic (exact) mass is 507 g/mol. The van der Waals surface area contributed by atoms with Gasteiger partial charge in [0.2, 0.25) is 0 Å². The fourth-order valence-corrected chi connectivity index (χ4v) is 5.98. The maximum absolute atomic E-state index is 2.42. The van der Waals surface area contributed by atoms with Crippen molar-refractivity contribution in [3.8, 4) is 0 Å². The number of rotatable bonds is 32. The van der Waals surface area contributed by atoms with Crippen molar-refractivity contribution < 1.29 is 0 Å². The summed E-state index contributed by atoms with van der Waals surface area (Å²) < 4.78 is 0. The van der Waals surface area contributed by atoms with E-state index in [0.717, 1.165) is 5.92 Å². The second kappa shape index (κ2) is 33.0. The Morgan fingerprint density at radius 3 is 0.639 bits per heavy atom. The normalized spacial score (nSPS) is 12.4. The smallest absolute Gasteiger partial charge is 0.0417 e. The van der Waals surface area contributed by atoms with E-state index in [1.807, 2.05) is 0 Å². The van der Waals surface area contributed by atoms with Crippen LogP contribution in [0.2, 0.25) is 0 Å². The quantitative estimate of drug-likeness (QED) is 0.0795. The first kappa shape index (κ1) is 36.0. The van der Waals surface area contributed by atoms with Gasteiger partial charge in [-0.1, -0.05) is 226 Å². The first-order valence-corrected chi connectivity index (χ1v) is 17.8. The number of hydrogen-bond acceptors (Lipinski definition) is 0. The SMILES string of the molecule is CCCCCCCCCCCCCCCCCCCCCCCCCC(CC)CCCCCCCC. The van der Waals surface area contributed by atoms with E-state index in [2.05, 4.69) is 20.8 Å². The van der Waals surface area contributed by atoms with Crippen LogP contribution in [0.15, 0.2) is 0 Å². The van der Waals surface area contributed by atoms with Crippen molar-refractivity contribution in [2.75, 3.05) is 0 Å². The van der Waals surface area contributed by atoms with Gasteiger partial charge >= 0.3 is 0 Å². The minimum Gasteiger partial charge on any atom is -0.0654 e. The van der Waals surface area contributed by atoms with Gasteiger partial charge in [-0.15, -0.1) is 0 Å². The van der Waals surface area contributed by atoms with Crippen molar-refractivity contribution >= 4 is 0 Å². The summed E-state index contributed by atoms with van der Waals surface area (Å²) in [7, 11) is 0. The highest BCUT2D eigenvalue weighted by Crippen LogP contribution is 2.22. The minimum absolute atomic E-state index is 1.02. The molecule has 36 heavy (non-hydrogen) atoms. The number of unbranched alkanes of at least 4 members (excludes halogenated alkanes) is 27. The standard InChI is InChI=1S/C36H74/c1-4-7-9-11-13-14-15-16-17-18-19-20-21-22-23-24-25-26-27-28-29-31-33-35-36(6-3)34-32-30-12-10-8-5-2/h36H,4-35H2,1-3H3. The molecule has 0 aromatic carbocycles. The van der Waals surface area contributed by atoms with Gasteiger partial charge in [0, 0.05) is 0 Å². The third kappa shape index (κ3) is 30.2. The van der Waals surface area contributed by atoms with Crippen LogP contribution < -0.4 is 0 Å². The van der Waals surface area contributed by atoms with Crippen molar-refractivity contribution in [3.05, 3.63) is 0 Å². The zero-order valence-electron chi connectivity index (χ0n) is 26.2. The number of hydrogen-bond donors (Lipinski definition) is 0. The van der Waals surface area contributed by atoms with Gasteiger partial charge in [-0.25, -0.2) is 0 Å². The molecule has 0 spiro atoms. The highest BCUT2D eigenvalue weighted by Gasteiger charge is 2.06. The van der Waals surface area contributed by atoms with Crippen molar-refractivity contribution in [2.24, 2.45) is 5.92 Å². The highest BCUT2D eigenvalue weighted by atomic mass is 14.1. The van der Waals surface area contributed by atoms with Crippen LogP contribution >= 0.6 is 0 Å². The predicted octanol–water partition coefficient (Wildman–Crippen LogP) is 14.1. The molecule has 0 saturated heterocycles. The van der Waals surface area contributed by atoms with E-state index < -0.39 is 0 Å². The van der Waals surface area contributed by atoms with Gasteiger partial charge in [0.1, 0.15) is 0 Å². The molecule has 0 fully saturated rings. The Balaban J connectivity index is 3.16. The van der Waals surface area contributed by atoms with Gasteiger partial charge in [-0.2, -0.15) is 0 Å².